The summed E-state index contributed by atoms with van der Waals surface area (Å²) in [5.74, 6) is -4.74. The number of esters is 1. The topological polar surface area (TPSA) is 38.3 Å². The number of alkyl halides is 2. The fourth-order valence-corrected chi connectivity index (χ4v) is 2.30. The molecule has 3 nitrogen and oxygen atoms in total. The van der Waals surface area contributed by atoms with Gasteiger partial charge in [0.25, 0.3) is 0 Å². The van der Waals surface area contributed by atoms with E-state index in [0.717, 1.165) is 0 Å². The van der Waals surface area contributed by atoms with Crippen molar-refractivity contribution in [1.29, 1.82) is 0 Å². The number of carbonyl (C=O) groups excluding carboxylic acids is 1. The average molecular weight is 283 g/mol. The van der Waals surface area contributed by atoms with Crippen LogP contribution in [-0.4, -0.2) is 31.1 Å². The predicted octanol–water partition coefficient (Wildman–Crippen LogP) is 2.50. The summed E-state index contributed by atoms with van der Waals surface area (Å²) in [6.45, 7) is 5.02. The van der Waals surface area contributed by atoms with Gasteiger partial charge in [-0.15, -0.1) is 0 Å². The minimum atomic E-state index is -3.33. The van der Waals surface area contributed by atoms with E-state index < -0.39 is 24.4 Å². The van der Waals surface area contributed by atoms with Crippen molar-refractivity contribution in [3.63, 3.8) is 0 Å². The Morgan fingerprint density at radius 2 is 2.00 bits per heavy atom. The van der Waals surface area contributed by atoms with Crippen LogP contribution in [0.15, 0.2) is 30.3 Å². The van der Waals surface area contributed by atoms with Crippen LogP contribution >= 0.6 is 0 Å². The quantitative estimate of drug-likeness (QED) is 0.844. The maximum Gasteiger partial charge on any atom is 0.377 e. The van der Waals surface area contributed by atoms with Crippen LogP contribution in [0.2, 0.25) is 0 Å². The summed E-state index contributed by atoms with van der Waals surface area (Å²) in [5, 5.41) is 3.11. The third-order valence-electron chi connectivity index (χ3n) is 3.55. The summed E-state index contributed by atoms with van der Waals surface area (Å²) in [7, 11) is 0. The normalized spacial score (nSPS) is 21.8. The van der Waals surface area contributed by atoms with Gasteiger partial charge in [-0.25, -0.2) is 4.79 Å². The third kappa shape index (κ3) is 3.33. The molecule has 1 fully saturated rings. The summed E-state index contributed by atoms with van der Waals surface area (Å²) < 4.78 is 30.7. The van der Waals surface area contributed by atoms with Crippen molar-refractivity contribution in [3.8, 4) is 0 Å². The molecule has 1 atom stereocenters. The lowest BCUT2D eigenvalue weighted by atomic mass is 9.84. The van der Waals surface area contributed by atoms with Gasteiger partial charge >= 0.3 is 11.9 Å². The summed E-state index contributed by atoms with van der Waals surface area (Å²) >= 11 is 0. The molecule has 0 radical (unpaired) electrons. The monoisotopic (exact) mass is 283 g/mol. The SMILES string of the molecule is CC(C)(CNCC1CC(F)(F)C(=O)O1)c1ccccc1. The molecule has 0 amide bonds. The second kappa shape index (κ2) is 5.48. The first-order valence-corrected chi connectivity index (χ1v) is 6.66. The average Bonchev–Trinajstić information content (AvgIpc) is 2.64. The number of hydrogen-bond donors (Lipinski definition) is 1. The smallest absolute Gasteiger partial charge is 0.377 e. The maximum absolute atomic E-state index is 13.0. The van der Waals surface area contributed by atoms with Gasteiger partial charge < -0.3 is 10.1 Å². The Bertz CT molecular complexity index is 474. The Morgan fingerprint density at radius 3 is 2.55 bits per heavy atom. The van der Waals surface area contributed by atoms with Crippen molar-refractivity contribution in [2.45, 2.75) is 37.7 Å². The summed E-state index contributed by atoms with van der Waals surface area (Å²) in [5.41, 5.74) is 1.05. The van der Waals surface area contributed by atoms with Crippen LogP contribution in [0.1, 0.15) is 25.8 Å². The zero-order valence-electron chi connectivity index (χ0n) is 11.7. The Balaban J connectivity index is 1.83. The van der Waals surface area contributed by atoms with Crippen molar-refractivity contribution in [2.75, 3.05) is 13.1 Å². The Labute approximate surface area is 117 Å². The highest BCUT2D eigenvalue weighted by Gasteiger charge is 2.50. The molecule has 110 valence electrons. The van der Waals surface area contributed by atoms with E-state index in [2.05, 4.69) is 23.9 Å². The van der Waals surface area contributed by atoms with Gasteiger partial charge in [0, 0.05) is 18.5 Å². The molecule has 5 heteroatoms. The van der Waals surface area contributed by atoms with Crippen molar-refractivity contribution in [1.82, 2.24) is 5.32 Å². The molecule has 0 bridgehead atoms. The van der Waals surface area contributed by atoms with Gasteiger partial charge in [-0.1, -0.05) is 44.2 Å². The Kier molecular flexibility index (Phi) is 4.09. The maximum atomic E-state index is 13.0. The number of hydrogen-bond acceptors (Lipinski definition) is 3. The second-order valence-corrected chi connectivity index (χ2v) is 5.82. The molecule has 1 aliphatic heterocycles. The first-order valence-electron chi connectivity index (χ1n) is 6.66. The molecule has 1 heterocycles. The van der Waals surface area contributed by atoms with E-state index in [-0.39, 0.29) is 12.0 Å². The standard InChI is InChI=1S/C15H19F2NO2/c1-14(2,11-6-4-3-5-7-11)10-18-9-12-8-15(16,17)13(19)20-12/h3-7,12,18H,8-10H2,1-2H3. The van der Waals surface area contributed by atoms with Crippen LogP contribution in [-0.2, 0) is 14.9 Å². The largest absolute Gasteiger partial charge is 0.456 e. The predicted molar refractivity (Wildman–Crippen MR) is 71.8 cm³/mol. The molecule has 1 N–H and O–H groups in total. The lowest BCUT2D eigenvalue weighted by molar-refractivity contribution is -0.159. The molecule has 0 aromatic heterocycles. The van der Waals surface area contributed by atoms with Gasteiger partial charge in [0.1, 0.15) is 6.10 Å². The second-order valence-electron chi connectivity index (χ2n) is 5.82. The first kappa shape index (κ1) is 14.9. The molecular formula is C15H19F2NO2. The molecule has 1 saturated heterocycles. The molecule has 1 aliphatic rings. The molecular weight excluding hydrogens is 264 g/mol. The van der Waals surface area contributed by atoms with E-state index >= 15 is 0 Å². The van der Waals surface area contributed by atoms with Gasteiger partial charge in [0.05, 0.1) is 6.42 Å². The van der Waals surface area contributed by atoms with Crippen LogP contribution in [0.4, 0.5) is 8.78 Å². The molecule has 1 unspecified atom stereocenters. The molecule has 0 saturated carbocycles. The number of nitrogens with one attached hydrogen (secondary N) is 1. The van der Waals surface area contributed by atoms with Crippen LogP contribution in [0, 0.1) is 0 Å². The summed E-state index contributed by atoms with van der Waals surface area (Å²) in [4.78, 5) is 10.9. The lowest BCUT2D eigenvalue weighted by Crippen LogP contribution is -2.37. The number of cyclic esters (lactones) is 1. The third-order valence-corrected chi connectivity index (χ3v) is 3.55. The van der Waals surface area contributed by atoms with Gasteiger partial charge in [0.2, 0.25) is 0 Å². The van der Waals surface area contributed by atoms with Crippen LogP contribution in [0.25, 0.3) is 0 Å². The van der Waals surface area contributed by atoms with Crippen molar-refractivity contribution < 1.29 is 18.3 Å². The zero-order valence-corrected chi connectivity index (χ0v) is 11.7. The first-order chi connectivity index (χ1) is 9.31. The number of benzene rings is 1. The summed E-state index contributed by atoms with van der Waals surface area (Å²) in [6.07, 6.45) is -1.28. The van der Waals surface area contributed by atoms with Crippen molar-refractivity contribution in [2.24, 2.45) is 0 Å². The van der Waals surface area contributed by atoms with E-state index in [0.29, 0.717) is 6.54 Å². The highest BCUT2D eigenvalue weighted by atomic mass is 19.3. The molecule has 2 rings (SSSR count). The van der Waals surface area contributed by atoms with Gasteiger partial charge in [0.15, 0.2) is 0 Å². The zero-order chi connectivity index (χ0) is 14.8. The molecule has 0 aliphatic carbocycles. The number of rotatable bonds is 5. The number of carbonyl (C=O) groups is 1. The van der Waals surface area contributed by atoms with Gasteiger partial charge in [-0.2, -0.15) is 8.78 Å². The number of halogens is 2. The number of ether oxygens (including phenoxy) is 1. The van der Waals surface area contributed by atoms with Crippen LogP contribution in [0.5, 0.6) is 0 Å². The van der Waals surface area contributed by atoms with E-state index in [1.807, 2.05) is 30.3 Å². The minimum absolute atomic E-state index is 0.119. The lowest BCUT2D eigenvalue weighted by Gasteiger charge is -2.26. The molecule has 0 spiro atoms. The Hall–Kier alpha value is -1.49. The van der Waals surface area contributed by atoms with Crippen LogP contribution in [0.3, 0.4) is 0 Å². The highest BCUT2D eigenvalue weighted by Crippen LogP contribution is 2.30. The molecule has 1 aromatic rings. The van der Waals surface area contributed by atoms with Crippen LogP contribution < -0.4 is 5.32 Å². The van der Waals surface area contributed by atoms with Gasteiger partial charge in [-0.3, -0.25) is 0 Å². The molecule has 20 heavy (non-hydrogen) atoms. The highest BCUT2D eigenvalue weighted by molar-refractivity contribution is 5.79. The van der Waals surface area contributed by atoms with E-state index in [1.54, 1.807) is 0 Å². The van der Waals surface area contributed by atoms with Crippen molar-refractivity contribution >= 4 is 5.97 Å². The fourth-order valence-electron chi connectivity index (χ4n) is 2.30. The van der Waals surface area contributed by atoms with E-state index in [1.165, 1.54) is 5.56 Å². The van der Waals surface area contributed by atoms with Crippen molar-refractivity contribution in [3.05, 3.63) is 35.9 Å². The molecule has 1 aromatic carbocycles. The van der Waals surface area contributed by atoms with Gasteiger partial charge in [-0.05, 0) is 5.56 Å². The fraction of sp³-hybridized carbons (Fsp3) is 0.533. The van der Waals surface area contributed by atoms with E-state index in [4.69, 9.17) is 0 Å². The minimum Gasteiger partial charge on any atom is -0.456 e. The Morgan fingerprint density at radius 1 is 1.35 bits per heavy atom. The van der Waals surface area contributed by atoms with E-state index in [9.17, 15) is 13.6 Å². The summed E-state index contributed by atoms with van der Waals surface area (Å²) in [6, 6.07) is 9.96.